The van der Waals surface area contributed by atoms with Gasteiger partial charge < -0.3 is 10.2 Å². The maximum atomic E-state index is 12.6. The lowest BCUT2D eigenvalue weighted by Crippen LogP contribution is -2.42. The van der Waals surface area contributed by atoms with Crippen molar-refractivity contribution in [2.75, 3.05) is 23.3 Å². The summed E-state index contributed by atoms with van der Waals surface area (Å²) in [6.45, 7) is 3.59. The largest absolute Gasteiger partial charge is 0.367 e. The number of aryl methyl sites for hydroxylation is 2. The number of anilines is 2. The van der Waals surface area contributed by atoms with Gasteiger partial charge in [0, 0.05) is 51.2 Å². The number of piperidine rings is 1. The van der Waals surface area contributed by atoms with Gasteiger partial charge in [-0.3, -0.25) is 14.0 Å². The second-order valence-corrected chi connectivity index (χ2v) is 6.77. The molecule has 3 aromatic rings. The van der Waals surface area contributed by atoms with Gasteiger partial charge in [-0.1, -0.05) is 0 Å². The summed E-state index contributed by atoms with van der Waals surface area (Å²) in [5.74, 6) is 1.54. The molecule has 1 aliphatic heterocycles. The summed E-state index contributed by atoms with van der Waals surface area (Å²) in [4.78, 5) is 27.7. The molecule has 0 radical (unpaired) electrons. The zero-order valence-electron chi connectivity index (χ0n) is 15.2. The van der Waals surface area contributed by atoms with Crippen LogP contribution in [0.4, 0.5) is 11.8 Å². The lowest BCUT2D eigenvalue weighted by atomic mass is 10.1. The van der Waals surface area contributed by atoms with Gasteiger partial charge in [0.15, 0.2) is 5.65 Å². The van der Waals surface area contributed by atoms with Crippen molar-refractivity contribution in [3.05, 3.63) is 34.6 Å². The Balaban J connectivity index is 1.50. The first-order chi connectivity index (χ1) is 12.5. The molecule has 1 aliphatic rings. The molecule has 0 atom stereocenters. The van der Waals surface area contributed by atoms with E-state index in [0.717, 1.165) is 37.4 Å². The molecule has 136 valence electrons. The molecular weight excluding hydrogens is 332 g/mol. The minimum atomic E-state index is -0.0604. The first-order valence-corrected chi connectivity index (χ1v) is 8.72. The zero-order chi connectivity index (χ0) is 18.3. The Morgan fingerprint density at radius 2 is 1.96 bits per heavy atom. The molecule has 4 rings (SSSR count). The average Bonchev–Trinajstić information content (AvgIpc) is 3.00. The minimum absolute atomic E-state index is 0.0604. The average molecular weight is 354 g/mol. The molecule has 3 aromatic heterocycles. The smallest absolute Gasteiger partial charge is 0.265 e. The molecule has 9 heteroatoms. The van der Waals surface area contributed by atoms with E-state index in [1.807, 2.05) is 13.0 Å². The SMILES string of the molecule is Cc1cc(NC2CCN(c3nc4nn(C)cc4c(=O)n3C)CC2)ncn1. The molecule has 1 fully saturated rings. The van der Waals surface area contributed by atoms with Gasteiger partial charge in [0.1, 0.15) is 17.5 Å². The molecule has 0 spiro atoms. The van der Waals surface area contributed by atoms with E-state index in [1.165, 1.54) is 0 Å². The highest BCUT2D eigenvalue weighted by molar-refractivity contribution is 5.74. The number of nitrogens with one attached hydrogen (secondary N) is 1. The lowest BCUT2D eigenvalue weighted by Gasteiger charge is -2.33. The summed E-state index contributed by atoms with van der Waals surface area (Å²) in [7, 11) is 3.57. The fraction of sp³-hybridized carbons (Fsp3) is 0.471. The minimum Gasteiger partial charge on any atom is -0.367 e. The molecule has 0 aromatic carbocycles. The monoisotopic (exact) mass is 354 g/mol. The van der Waals surface area contributed by atoms with E-state index in [1.54, 1.807) is 35.9 Å². The van der Waals surface area contributed by atoms with Crippen molar-refractivity contribution in [2.45, 2.75) is 25.8 Å². The molecule has 1 saturated heterocycles. The third-order valence-corrected chi connectivity index (χ3v) is 4.78. The molecule has 0 amide bonds. The van der Waals surface area contributed by atoms with E-state index < -0.39 is 0 Å². The molecule has 0 aliphatic carbocycles. The first-order valence-electron chi connectivity index (χ1n) is 8.72. The summed E-state index contributed by atoms with van der Waals surface area (Å²) >= 11 is 0. The van der Waals surface area contributed by atoms with E-state index in [4.69, 9.17) is 0 Å². The zero-order valence-corrected chi connectivity index (χ0v) is 15.2. The maximum absolute atomic E-state index is 12.6. The van der Waals surface area contributed by atoms with Crippen LogP contribution in [-0.4, -0.2) is 48.4 Å². The molecule has 26 heavy (non-hydrogen) atoms. The van der Waals surface area contributed by atoms with Crippen LogP contribution >= 0.6 is 0 Å². The predicted molar refractivity (Wildman–Crippen MR) is 99.4 cm³/mol. The van der Waals surface area contributed by atoms with Gasteiger partial charge in [0.05, 0.1) is 0 Å². The second kappa shape index (κ2) is 6.40. The van der Waals surface area contributed by atoms with Gasteiger partial charge in [0.2, 0.25) is 5.95 Å². The van der Waals surface area contributed by atoms with Crippen LogP contribution in [-0.2, 0) is 14.1 Å². The van der Waals surface area contributed by atoms with Gasteiger partial charge in [-0.2, -0.15) is 10.1 Å². The number of rotatable bonds is 3. The highest BCUT2D eigenvalue weighted by Gasteiger charge is 2.23. The van der Waals surface area contributed by atoms with Crippen molar-refractivity contribution in [3.63, 3.8) is 0 Å². The Bertz CT molecular complexity index is 1000. The first kappa shape index (κ1) is 16.5. The van der Waals surface area contributed by atoms with Gasteiger partial charge in [0.25, 0.3) is 5.56 Å². The van der Waals surface area contributed by atoms with Crippen LogP contribution in [0.1, 0.15) is 18.5 Å². The highest BCUT2D eigenvalue weighted by atomic mass is 16.1. The molecule has 9 nitrogen and oxygen atoms in total. The molecular formula is C17H22N8O. The summed E-state index contributed by atoms with van der Waals surface area (Å²) in [5.41, 5.74) is 1.39. The third kappa shape index (κ3) is 3.00. The van der Waals surface area contributed by atoms with Crippen molar-refractivity contribution in [2.24, 2.45) is 14.1 Å². The van der Waals surface area contributed by atoms with Crippen LogP contribution in [0.3, 0.4) is 0 Å². The Morgan fingerprint density at radius 3 is 2.69 bits per heavy atom. The Labute approximate surface area is 150 Å². The maximum Gasteiger partial charge on any atom is 0.265 e. The van der Waals surface area contributed by atoms with E-state index in [2.05, 4.69) is 30.3 Å². The summed E-state index contributed by atoms with van der Waals surface area (Å²) in [6, 6.07) is 2.29. The number of aromatic nitrogens is 6. The Morgan fingerprint density at radius 1 is 1.19 bits per heavy atom. The molecule has 0 unspecified atom stereocenters. The summed E-state index contributed by atoms with van der Waals surface area (Å²) in [6.07, 6.45) is 5.18. The topological polar surface area (TPSA) is 93.8 Å². The number of hydrogen-bond acceptors (Lipinski definition) is 7. The fourth-order valence-electron chi connectivity index (χ4n) is 3.40. The highest BCUT2D eigenvalue weighted by Crippen LogP contribution is 2.20. The van der Waals surface area contributed by atoms with Crippen LogP contribution in [0.2, 0.25) is 0 Å². The van der Waals surface area contributed by atoms with E-state index in [-0.39, 0.29) is 5.56 Å². The van der Waals surface area contributed by atoms with E-state index >= 15 is 0 Å². The standard InChI is InChI=1S/C17H22N8O/c1-11-8-14(19-10-18-11)20-12-4-6-25(7-5-12)17-21-15-13(9-23(2)22-15)16(26)24(17)3/h8-10,12H,4-7H2,1-3H3,(H,18,19,20). The van der Waals surface area contributed by atoms with Gasteiger partial charge in [-0.05, 0) is 19.8 Å². The third-order valence-electron chi connectivity index (χ3n) is 4.78. The van der Waals surface area contributed by atoms with Crippen LogP contribution in [0, 0.1) is 6.92 Å². The summed E-state index contributed by atoms with van der Waals surface area (Å²) in [5, 5.41) is 8.31. The summed E-state index contributed by atoms with van der Waals surface area (Å²) < 4.78 is 3.24. The number of hydrogen-bond donors (Lipinski definition) is 1. The molecule has 0 saturated carbocycles. The fourth-order valence-corrected chi connectivity index (χ4v) is 3.40. The molecule has 4 heterocycles. The van der Waals surface area contributed by atoms with E-state index in [0.29, 0.717) is 23.0 Å². The lowest BCUT2D eigenvalue weighted by molar-refractivity contribution is 0.512. The van der Waals surface area contributed by atoms with Crippen molar-refractivity contribution >= 4 is 22.8 Å². The van der Waals surface area contributed by atoms with Crippen LogP contribution in [0.25, 0.3) is 11.0 Å². The van der Waals surface area contributed by atoms with Crippen molar-refractivity contribution < 1.29 is 0 Å². The quantitative estimate of drug-likeness (QED) is 0.745. The van der Waals surface area contributed by atoms with E-state index in [9.17, 15) is 4.79 Å². The van der Waals surface area contributed by atoms with Crippen molar-refractivity contribution in [1.82, 2.24) is 29.3 Å². The van der Waals surface area contributed by atoms with Crippen LogP contribution in [0.5, 0.6) is 0 Å². The van der Waals surface area contributed by atoms with Gasteiger partial charge in [-0.15, -0.1) is 0 Å². The number of fused-ring (bicyclic) bond motifs is 1. The van der Waals surface area contributed by atoms with Crippen LogP contribution in [0.15, 0.2) is 23.4 Å². The van der Waals surface area contributed by atoms with Crippen molar-refractivity contribution in [1.29, 1.82) is 0 Å². The van der Waals surface area contributed by atoms with Crippen LogP contribution < -0.4 is 15.8 Å². The van der Waals surface area contributed by atoms with Crippen molar-refractivity contribution in [3.8, 4) is 0 Å². The second-order valence-electron chi connectivity index (χ2n) is 6.77. The number of nitrogens with zero attached hydrogens (tertiary/aromatic N) is 7. The molecule has 0 bridgehead atoms. The normalized spacial score (nSPS) is 15.6. The predicted octanol–water partition coefficient (Wildman–Crippen LogP) is 0.846. The van der Waals surface area contributed by atoms with Gasteiger partial charge >= 0.3 is 0 Å². The molecule has 1 N–H and O–H groups in total. The Kier molecular flexibility index (Phi) is 4.06. The van der Waals surface area contributed by atoms with Gasteiger partial charge in [-0.25, -0.2) is 9.97 Å². The Hall–Kier alpha value is -2.97.